The van der Waals surface area contributed by atoms with Gasteiger partial charge in [-0.25, -0.2) is 4.99 Å². The highest BCUT2D eigenvalue weighted by Gasteiger charge is 2.00. The summed E-state index contributed by atoms with van der Waals surface area (Å²) in [5.74, 6) is 0.635. The lowest BCUT2D eigenvalue weighted by Gasteiger charge is -2.07. The molecule has 0 aliphatic carbocycles. The minimum atomic E-state index is -0.448. The van der Waals surface area contributed by atoms with Crippen molar-refractivity contribution in [1.29, 1.82) is 0 Å². The van der Waals surface area contributed by atoms with E-state index in [1.165, 1.54) is 0 Å². The summed E-state index contributed by atoms with van der Waals surface area (Å²) in [4.78, 5) is 15.2. The van der Waals surface area contributed by atoms with Crippen molar-refractivity contribution in [2.24, 2.45) is 16.5 Å². The Morgan fingerprint density at radius 1 is 1.09 bits per heavy atom. The topological polar surface area (TPSA) is 103 Å². The smallest absolute Gasteiger partial charge is 0.248 e. The second kappa shape index (κ2) is 8.99. The lowest BCUT2D eigenvalue weighted by molar-refractivity contribution is 0.100. The quantitative estimate of drug-likeness (QED) is 0.388. The number of rotatable bonds is 5. The summed E-state index contributed by atoms with van der Waals surface area (Å²) in [6.45, 7) is 0.411. The van der Waals surface area contributed by atoms with Crippen molar-refractivity contribution in [3.63, 3.8) is 0 Å². The van der Waals surface area contributed by atoms with Crippen molar-refractivity contribution >= 4 is 41.5 Å². The van der Waals surface area contributed by atoms with E-state index in [9.17, 15) is 4.79 Å². The fourth-order valence-corrected chi connectivity index (χ4v) is 1.81. The molecule has 122 valence electrons. The van der Waals surface area contributed by atoms with Crippen molar-refractivity contribution in [2.75, 3.05) is 12.4 Å². The van der Waals surface area contributed by atoms with Crippen LogP contribution >= 0.6 is 24.0 Å². The molecular formula is C16H19IN4O2. The SMILES string of the molecule is COc1ccc(NC(N)=NCc2ccc(C(N)=O)cc2)cc1.I. The number of nitrogens with one attached hydrogen (secondary N) is 1. The van der Waals surface area contributed by atoms with Crippen molar-refractivity contribution in [3.05, 3.63) is 59.7 Å². The number of hydrogen-bond acceptors (Lipinski definition) is 3. The number of ether oxygens (including phenoxy) is 1. The molecule has 0 atom stereocenters. The Morgan fingerprint density at radius 3 is 2.22 bits per heavy atom. The molecule has 0 unspecified atom stereocenters. The van der Waals surface area contributed by atoms with Gasteiger partial charge in [0.05, 0.1) is 13.7 Å². The summed E-state index contributed by atoms with van der Waals surface area (Å²) in [7, 11) is 1.61. The zero-order valence-corrected chi connectivity index (χ0v) is 15.0. The molecule has 6 nitrogen and oxygen atoms in total. The predicted molar refractivity (Wildman–Crippen MR) is 102 cm³/mol. The van der Waals surface area contributed by atoms with Crippen molar-refractivity contribution in [3.8, 4) is 5.75 Å². The van der Waals surface area contributed by atoms with Gasteiger partial charge in [0.15, 0.2) is 5.96 Å². The molecule has 23 heavy (non-hydrogen) atoms. The summed E-state index contributed by atoms with van der Waals surface area (Å²) < 4.78 is 5.08. The number of hydrogen-bond donors (Lipinski definition) is 3. The zero-order chi connectivity index (χ0) is 15.9. The first-order valence-electron chi connectivity index (χ1n) is 6.68. The third-order valence-electron chi connectivity index (χ3n) is 3.03. The third-order valence-corrected chi connectivity index (χ3v) is 3.03. The molecule has 0 spiro atoms. The van der Waals surface area contributed by atoms with Crippen LogP contribution in [-0.4, -0.2) is 19.0 Å². The van der Waals surface area contributed by atoms with Gasteiger partial charge < -0.3 is 21.5 Å². The maximum Gasteiger partial charge on any atom is 0.248 e. The van der Waals surface area contributed by atoms with Gasteiger partial charge in [-0.15, -0.1) is 24.0 Å². The summed E-state index contributed by atoms with van der Waals surface area (Å²) in [5, 5.41) is 2.99. The number of carbonyl (C=O) groups excluding carboxylic acids is 1. The molecule has 1 amide bonds. The van der Waals surface area contributed by atoms with Crippen LogP contribution in [0.2, 0.25) is 0 Å². The first-order chi connectivity index (χ1) is 10.6. The number of nitrogens with zero attached hydrogens (tertiary/aromatic N) is 1. The minimum Gasteiger partial charge on any atom is -0.497 e. The number of methoxy groups -OCH3 is 1. The first kappa shape index (κ1) is 18.8. The molecule has 5 N–H and O–H groups in total. The van der Waals surface area contributed by atoms with Crippen LogP contribution in [0.15, 0.2) is 53.5 Å². The van der Waals surface area contributed by atoms with E-state index in [0.717, 1.165) is 17.0 Å². The Morgan fingerprint density at radius 2 is 1.70 bits per heavy atom. The number of anilines is 1. The summed E-state index contributed by atoms with van der Waals surface area (Å²) in [6, 6.07) is 14.3. The molecule has 0 aliphatic heterocycles. The van der Waals surface area contributed by atoms with Crippen LogP contribution in [0.3, 0.4) is 0 Å². The van der Waals surface area contributed by atoms with Crippen molar-refractivity contribution in [1.82, 2.24) is 0 Å². The highest BCUT2D eigenvalue weighted by Crippen LogP contribution is 2.14. The van der Waals surface area contributed by atoms with Crippen molar-refractivity contribution in [2.45, 2.75) is 6.54 Å². The van der Waals surface area contributed by atoms with Gasteiger partial charge in [-0.3, -0.25) is 4.79 Å². The molecule has 0 fully saturated rings. The van der Waals surface area contributed by atoms with Crippen LogP contribution in [0.5, 0.6) is 5.75 Å². The second-order valence-corrected chi connectivity index (χ2v) is 4.62. The highest BCUT2D eigenvalue weighted by atomic mass is 127. The van der Waals surface area contributed by atoms with E-state index in [1.54, 1.807) is 31.4 Å². The number of halogens is 1. The molecule has 0 heterocycles. The molecule has 2 rings (SSSR count). The summed E-state index contributed by atoms with van der Waals surface area (Å²) in [5.41, 5.74) is 13.3. The Kier molecular flexibility index (Phi) is 7.33. The molecule has 0 aliphatic rings. The number of primary amides is 1. The van der Waals surface area contributed by atoms with Crippen LogP contribution < -0.4 is 21.5 Å². The minimum absolute atomic E-state index is 0. The lowest BCUT2D eigenvalue weighted by Crippen LogP contribution is -2.22. The van der Waals surface area contributed by atoms with Gasteiger partial charge in [0, 0.05) is 11.3 Å². The number of nitrogens with two attached hydrogens (primary N) is 2. The molecule has 0 bridgehead atoms. The molecule has 0 saturated heterocycles. The van der Waals surface area contributed by atoms with E-state index in [2.05, 4.69) is 10.3 Å². The number of amides is 1. The monoisotopic (exact) mass is 426 g/mol. The van der Waals surface area contributed by atoms with Gasteiger partial charge in [0.2, 0.25) is 5.91 Å². The van der Waals surface area contributed by atoms with Gasteiger partial charge in [0.1, 0.15) is 5.75 Å². The van der Waals surface area contributed by atoms with Gasteiger partial charge in [-0.1, -0.05) is 12.1 Å². The van der Waals surface area contributed by atoms with E-state index in [1.807, 2.05) is 24.3 Å². The maximum absolute atomic E-state index is 11.0. The molecular weight excluding hydrogens is 407 g/mol. The Balaban J connectivity index is 0.00000264. The average Bonchev–Trinajstić information content (AvgIpc) is 2.54. The normalized spacial score (nSPS) is 10.6. The van der Waals surface area contributed by atoms with Gasteiger partial charge >= 0.3 is 0 Å². The molecule has 0 radical (unpaired) electrons. The molecule has 0 aromatic heterocycles. The largest absolute Gasteiger partial charge is 0.497 e. The Hall–Kier alpha value is -2.29. The first-order valence-corrected chi connectivity index (χ1v) is 6.68. The summed E-state index contributed by atoms with van der Waals surface area (Å²) >= 11 is 0. The van der Waals surface area contributed by atoms with Gasteiger partial charge in [-0.2, -0.15) is 0 Å². The molecule has 7 heteroatoms. The second-order valence-electron chi connectivity index (χ2n) is 4.62. The molecule has 2 aromatic rings. The van der Waals surface area contributed by atoms with Crippen LogP contribution in [0.4, 0.5) is 5.69 Å². The Bertz CT molecular complexity index is 669. The number of benzene rings is 2. The molecule has 2 aromatic carbocycles. The standard InChI is InChI=1S/C16H18N4O2.HI/c1-22-14-8-6-13(7-9-14)20-16(18)19-10-11-2-4-12(5-3-11)15(17)21;/h2-9H,10H2,1H3,(H2,17,21)(H3,18,19,20);1H. The number of aliphatic imine (C=N–C) groups is 1. The fraction of sp³-hybridized carbons (Fsp3) is 0.125. The van der Waals surface area contributed by atoms with E-state index in [4.69, 9.17) is 16.2 Å². The number of carbonyl (C=O) groups is 1. The zero-order valence-electron chi connectivity index (χ0n) is 12.7. The van der Waals surface area contributed by atoms with E-state index in [0.29, 0.717) is 18.1 Å². The Labute approximate surface area is 151 Å². The fourth-order valence-electron chi connectivity index (χ4n) is 1.81. The van der Waals surface area contributed by atoms with E-state index < -0.39 is 5.91 Å². The average molecular weight is 426 g/mol. The lowest BCUT2D eigenvalue weighted by atomic mass is 10.1. The third kappa shape index (κ3) is 5.78. The van der Waals surface area contributed by atoms with Crippen LogP contribution in [0.1, 0.15) is 15.9 Å². The maximum atomic E-state index is 11.0. The van der Waals surface area contributed by atoms with E-state index >= 15 is 0 Å². The van der Waals surface area contributed by atoms with Crippen LogP contribution in [0.25, 0.3) is 0 Å². The van der Waals surface area contributed by atoms with Crippen molar-refractivity contribution < 1.29 is 9.53 Å². The highest BCUT2D eigenvalue weighted by molar-refractivity contribution is 14.0. The van der Waals surface area contributed by atoms with Crippen LogP contribution in [0, 0.1) is 0 Å². The summed E-state index contributed by atoms with van der Waals surface area (Å²) in [6.07, 6.45) is 0. The van der Waals surface area contributed by atoms with E-state index in [-0.39, 0.29) is 24.0 Å². The predicted octanol–water partition coefficient (Wildman–Crippen LogP) is 2.34. The van der Waals surface area contributed by atoms with Gasteiger partial charge in [-0.05, 0) is 42.0 Å². The van der Waals surface area contributed by atoms with Crippen LogP contribution in [-0.2, 0) is 6.54 Å². The molecule has 0 saturated carbocycles. The number of guanidine groups is 1. The van der Waals surface area contributed by atoms with Gasteiger partial charge in [0.25, 0.3) is 0 Å².